The molecule has 0 unspecified atom stereocenters. The van der Waals surface area contributed by atoms with E-state index in [4.69, 9.17) is 30.3 Å². The van der Waals surface area contributed by atoms with E-state index in [-0.39, 0.29) is 176 Å². The summed E-state index contributed by atoms with van der Waals surface area (Å²) in [5, 5.41) is 44.8. The summed E-state index contributed by atoms with van der Waals surface area (Å²) < 4.78 is 101. The van der Waals surface area contributed by atoms with Gasteiger partial charge in [0, 0.05) is 170 Å². The number of rotatable bonds is 11. The van der Waals surface area contributed by atoms with Crippen LogP contribution in [0.5, 0.6) is 5.75 Å². The molecule has 0 saturated heterocycles. The Kier molecular flexibility index (Phi) is 54.9. The molecule has 0 aliphatic rings. The number of carbonyl (C=O) groups excluding carboxylic acids is 5. The van der Waals surface area contributed by atoms with Gasteiger partial charge in [-0.15, -0.1) is 175 Å². The van der Waals surface area contributed by atoms with Gasteiger partial charge in [-0.1, -0.05) is 110 Å². The molecular formula is C114H111F7Ir5N5O11-5. The van der Waals surface area contributed by atoms with Gasteiger partial charge in [-0.05, 0) is 196 Å². The van der Waals surface area contributed by atoms with E-state index in [1.54, 1.807) is 57.4 Å². The predicted molar refractivity (Wildman–Crippen MR) is 533 cm³/mol. The summed E-state index contributed by atoms with van der Waals surface area (Å²) in [4.78, 5) is 72.6. The number of carbonyl (C=O) groups is 5. The minimum absolute atomic E-state index is 0. The molecule has 10 aromatic carbocycles. The zero-order chi connectivity index (χ0) is 102. The van der Waals surface area contributed by atoms with Crippen molar-refractivity contribution in [3.63, 3.8) is 0 Å². The molecule has 0 aliphatic heterocycles. The summed E-state index contributed by atoms with van der Waals surface area (Å²) in [5.41, 5.74) is 24.0. The third-order valence-corrected chi connectivity index (χ3v) is 19.1. The topological polar surface area (TPSA) is 260 Å². The average molecular weight is 2820 g/mol. The van der Waals surface area contributed by atoms with E-state index >= 15 is 0 Å². The molecule has 15 rings (SSSR count). The van der Waals surface area contributed by atoms with Crippen LogP contribution in [-0.4, -0.2) is 86.5 Å². The van der Waals surface area contributed by atoms with Crippen molar-refractivity contribution in [2.45, 2.75) is 159 Å². The van der Waals surface area contributed by atoms with Crippen LogP contribution < -0.4 is 4.74 Å². The van der Waals surface area contributed by atoms with Gasteiger partial charge in [-0.3, -0.25) is 48.9 Å². The summed E-state index contributed by atoms with van der Waals surface area (Å²) in [6.45, 7) is 39.8. The quantitative estimate of drug-likeness (QED) is 0.0349. The Hall–Kier alpha value is -12.1. The number of aliphatic hydroxyl groups is 5. The first-order valence-electron chi connectivity index (χ1n) is 43.0. The smallest absolute Gasteiger partial charge is 0.155 e. The third kappa shape index (κ3) is 42.6. The molecule has 0 fully saturated rings. The largest absolute Gasteiger partial charge is 0.512 e. The van der Waals surface area contributed by atoms with Crippen LogP contribution in [0.15, 0.2) is 235 Å². The molecule has 757 valence electrons. The second-order valence-electron chi connectivity index (χ2n) is 32.8. The molecule has 142 heavy (non-hydrogen) atoms. The molecule has 0 aliphatic carbocycles. The molecule has 0 bridgehead atoms. The SMILES string of the molecule is CC(=O)C=C(C)O.CC(=O)C=C(C)O.CC(=O)C=C(C)O.CC(=O)C=C(C)O.CC(=O)C=C(C)O.COc1cc2cc(C)c(F)cc2nc1-c1[c-]c(C)cc(C)c1.Cc1[c-]c(-c2ccc3c(F)cc(C)cc3n2)cc(C)c1.Cc1[c-]c(-c2nc3cc(F)c(C)cc3cc2C)cc(C)c1.Cc1c[c-]c(-c2ccc3c(F)cc(F)cc3n2)cc1C.Cc1cc[c-]c(-c2ccc3c(F)cc(F)cc3n2)c1.[Ir].[Ir].[Ir].[Ir].[Ir]. The van der Waals surface area contributed by atoms with Crippen molar-refractivity contribution in [2.24, 2.45) is 0 Å². The Morgan fingerprint density at radius 2 is 0.606 bits per heavy atom. The number of aliphatic hydroxyl groups excluding tert-OH is 5. The maximum Gasteiger partial charge on any atom is 0.155 e. The van der Waals surface area contributed by atoms with Crippen LogP contribution in [0.4, 0.5) is 30.7 Å². The van der Waals surface area contributed by atoms with Crippen LogP contribution >= 0.6 is 0 Å². The predicted octanol–water partition coefficient (Wildman–Crippen LogP) is 28.7. The van der Waals surface area contributed by atoms with Gasteiger partial charge >= 0.3 is 0 Å². The normalized spacial score (nSPS) is 10.7. The second-order valence-corrected chi connectivity index (χ2v) is 32.8. The summed E-state index contributed by atoms with van der Waals surface area (Å²) >= 11 is 0. The first-order chi connectivity index (χ1) is 64.2. The molecule has 0 spiro atoms. The number of pyridine rings is 5. The van der Waals surface area contributed by atoms with Crippen molar-refractivity contribution in [1.82, 2.24) is 24.9 Å². The van der Waals surface area contributed by atoms with Gasteiger partial charge in [0.25, 0.3) is 0 Å². The molecule has 5 N–H and O–H groups in total. The molecular weight excluding hydrogens is 2710 g/mol. The molecule has 5 aromatic heterocycles. The number of halogens is 7. The fraction of sp³-hybridized carbons (Fsp3) is 0.211. The monoisotopic (exact) mass is 2820 g/mol. The van der Waals surface area contributed by atoms with Crippen LogP contribution in [0.3, 0.4) is 0 Å². The second kappa shape index (κ2) is 61.0. The number of ether oxygens (including phenoxy) is 1. The van der Waals surface area contributed by atoms with Gasteiger partial charge in [-0.2, -0.15) is 0 Å². The standard InChI is InChI=1S/C19H17FNO.C19H17FN.C18H15FN.C17H12F2N.C16H10F2N.5C5H8O2.5Ir/c1-11-5-12(2)7-15(6-11)19-18(22-4)9-14-8-13(3)16(20)10-17(14)21-19;1-11-5-12(2)7-16(6-11)19-14(4)9-15-8-13(3)17(20)10-18(15)21-19;1-11-6-12(2)8-14(7-11)17-5-4-15-16(19)9-13(3)10-18(15)20-17;1-10-3-4-12(7-11(10)2)16-6-5-14-15(19)8-13(18)9-17(14)20-16;1-10-3-2-4-11(7-10)15-6-5-13-14(18)8-12(17)9-16(13)19-15;5*1-4(6)3-5(2)7;;;;;/h5-6,8-10H,1-4H3;5-6,8-10H,1-4H3;4-7,9-10H,1-3H3;3,5-9H,1-2H3;2-3,5-9H,1H3;5*3,6H,1-2H3;;;;;/q5*-1;;;;;;;;;;. The Labute approximate surface area is 893 Å². The first-order valence-corrected chi connectivity index (χ1v) is 43.0. The number of fused-ring (bicyclic) bond motifs is 5. The summed E-state index contributed by atoms with van der Waals surface area (Å²) in [5.74, 6) is -2.76. The Balaban J connectivity index is 0.000000812. The van der Waals surface area contributed by atoms with Gasteiger partial charge < -0.3 is 30.3 Å². The molecule has 0 atom stereocenters. The Morgan fingerprint density at radius 1 is 0.289 bits per heavy atom. The number of allylic oxidation sites excluding steroid dienone is 10. The van der Waals surface area contributed by atoms with Gasteiger partial charge in [0.2, 0.25) is 0 Å². The fourth-order valence-corrected chi connectivity index (χ4v) is 13.5. The van der Waals surface area contributed by atoms with Crippen molar-refractivity contribution >= 4 is 83.4 Å². The van der Waals surface area contributed by atoms with Crippen LogP contribution in [0.2, 0.25) is 0 Å². The number of hydrogen-bond acceptors (Lipinski definition) is 16. The molecule has 28 heteroatoms. The molecule has 5 radical (unpaired) electrons. The van der Waals surface area contributed by atoms with Gasteiger partial charge in [-0.25, -0.2) is 30.7 Å². The van der Waals surface area contributed by atoms with E-state index in [1.807, 2.05) is 129 Å². The van der Waals surface area contributed by atoms with Gasteiger partial charge in [0.05, 0.1) is 63.5 Å². The zero-order valence-electron chi connectivity index (χ0n) is 82.9. The summed E-state index contributed by atoms with van der Waals surface area (Å²) in [6, 6.07) is 66.6. The number of hydrogen-bond donors (Lipinski definition) is 5. The molecule has 0 amide bonds. The minimum atomic E-state index is -0.622. The van der Waals surface area contributed by atoms with Crippen molar-refractivity contribution in [3.05, 3.63) is 378 Å². The van der Waals surface area contributed by atoms with E-state index in [0.29, 0.717) is 77.7 Å². The van der Waals surface area contributed by atoms with Crippen molar-refractivity contribution in [1.29, 1.82) is 0 Å². The summed E-state index contributed by atoms with van der Waals surface area (Å²) in [6.07, 6.45) is 5.83. The van der Waals surface area contributed by atoms with Crippen molar-refractivity contribution in [2.75, 3.05) is 7.11 Å². The van der Waals surface area contributed by atoms with Crippen molar-refractivity contribution < 1.29 is 186 Å². The van der Waals surface area contributed by atoms with E-state index in [1.165, 1.54) is 141 Å². The maximum absolute atomic E-state index is 13.9. The van der Waals surface area contributed by atoms with E-state index in [2.05, 4.69) is 99.4 Å². The number of nitrogens with zero attached hydrogens (tertiary/aromatic N) is 5. The van der Waals surface area contributed by atoms with E-state index in [9.17, 15) is 54.7 Å². The Morgan fingerprint density at radius 3 is 0.958 bits per heavy atom. The number of benzene rings is 10. The molecule has 16 nitrogen and oxygen atoms in total. The fourth-order valence-electron chi connectivity index (χ4n) is 13.5. The molecule has 15 aromatic rings. The van der Waals surface area contributed by atoms with Crippen molar-refractivity contribution in [3.8, 4) is 62.0 Å². The molecule has 5 heterocycles. The Bertz CT molecular complexity index is 6930. The number of methoxy groups -OCH3 is 1. The average Bonchev–Trinajstić information content (AvgIpc) is 0.798. The van der Waals surface area contributed by atoms with Crippen LogP contribution in [0, 0.1) is 161 Å². The van der Waals surface area contributed by atoms with E-state index in [0.717, 1.165) is 112 Å². The van der Waals surface area contributed by atoms with Crippen LogP contribution in [0.1, 0.15) is 142 Å². The number of aryl methyl sites for hydroxylation is 13. The third-order valence-electron chi connectivity index (χ3n) is 19.1. The van der Waals surface area contributed by atoms with Crippen LogP contribution in [0.25, 0.3) is 111 Å². The zero-order valence-corrected chi connectivity index (χ0v) is 94.8. The molecule has 0 saturated carbocycles. The van der Waals surface area contributed by atoms with Gasteiger partial charge in [0.15, 0.2) is 28.9 Å². The summed E-state index contributed by atoms with van der Waals surface area (Å²) in [7, 11) is 1.62. The number of ketones is 5. The first kappa shape index (κ1) is 128. The van der Waals surface area contributed by atoms with E-state index < -0.39 is 23.3 Å². The van der Waals surface area contributed by atoms with Gasteiger partial charge in [0.1, 0.15) is 46.5 Å². The number of aromatic nitrogens is 5. The van der Waals surface area contributed by atoms with Crippen LogP contribution in [-0.2, 0) is 124 Å². The minimum Gasteiger partial charge on any atom is -0.512 e. The maximum atomic E-state index is 13.9.